The van der Waals surface area contributed by atoms with Gasteiger partial charge in [0.2, 0.25) is 5.91 Å². The van der Waals surface area contributed by atoms with E-state index in [1.54, 1.807) is 0 Å². The molecule has 5 nitrogen and oxygen atoms in total. The van der Waals surface area contributed by atoms with Crippen LogP contribution >= 0.6 is 0 Å². The minimum atomic E-state index is -0.363. The summed E-state index contributed by atoms with van der Waals surface area (Å²) in [6, 6.07) is 0. The fraction of sp³-hybridized carbons (Fsp3) is 0.941. The standard InChI is InChI=1S/C17H31BN2O3/c1-10(2)6-14(20-15(21)9-19)18-22-13-8-11-7-12(16(11,3)4)17(13,5)23-18/h10-14H,6-9,19H2,1-5H3,(H,20,21)/t11?,12?,13-,14+,17+/m1/s1. The second kappa shape index (κ2) is 5.75. The molecule has 3 N–H and O–H groups in total. The summed E-state index contributed by atoms with van der Waals surface area (Å²) in [6.07, 6.45) is 3.28. The monoisotopic (exact) mass is 322 g/mol. The Kier molecular flexibility index (Phi) is 4.31. The van der Waals surface area contributed by atoms with Crippen LogP contribution in [-0.2, 0) is 14.1 Å². The van der Waals surface area contributed by atoms with E-state index in [0.717, 1.165) is 18.8 Å². The second-order valence-electron chi connectivity index (χ2n) is 8.84. The van der Waals surface area contributed by atoms with E-state index in [1.807, 2.05) is 0 Å². The first-order chi connectivity index (χ1) is 10.7. The van der Waals surface area contributed by atoms with Crippen molar-refractivity contribution in [3.05, 3.63) is 0 Å². The van der Waals surface area contributed by atoms with Gasteiger partial charge in [0.25, 0.3) is 0 Å². The van der Waals surface area contributed by atoms with Crippen LogP contribution in [0, 0.1) is 23.2 Å². The van der Waals surface area contributed by atoms with Crippen molar-refractivity contribution >= 4 is 13.0 Å². The van der Waals surface area contributed by atoms with Gasteiger partial charge >= 0.3 is 7.12 Å². The number of rotatable bonds is 5. The smallest absolute Gasteiger partial charge is 0.404 e. The van der Waals surface area contributed by atoms with Crippen LogP contribution in [0.3, 0.4) is 0 Å². The molecule has 4 fully saturated rings. The van der Waals surface area contributed by atoms with Crippen molar-refractivity contribution in [3.63, 3.8) is 0 Å². The molecular formula is C17H31BN2O3. The van der Waals surface area contributed by atoms with Crippen LogP contribution in [0.2, 0.25) is 0 Å². The maximum absolute atomic E-state index is 11.8. The van der Waals surface area contributed by atoms with E-state index in [1.165, 1.54) is 6.42 Å². The van der Waals surface area contributed by atoms with Crippen LogP contribution in [0.1, 0.15) is 53.9 Å². The molecule has 6 heteroatoms. The third-order valence-electron chi connectivity index (χ3n) is 6.55. The molecule has 0 radical (unpaired) electrons. The maximum atomic E-state index is 11.8. The minimum absolute atomic E-state index is 0.000256. The van der Waals surface area contributed by atoms with E-state index >= 15 is 0 Å². The van der Waals surface area contributed by atoms with Crippen molar-refractivity contribution in [2.45, 2.75) is 71.5 Å². The summed E-state index contributed by atoms with van der Waals surface area (Å²) in [5.74, 6) is 1.44. The topological polar surface area (TPSA) is 73.6 Å². The number of nitrogens with two attached hydrogens (primary N) is 1. The number of amides is 1. The zero-order valence-electron chi connectivity index (χ0n) is 15.1. The van der Waals surface area contributed by atoms with Gasteiger partial charge in [-0.2, -0.15) is 0 Å². The zero-order valence-corrected chi connectivity index (χ0v) is 15.1. The summed E-state index contributed by atoms with van der Waals surface area (Å²) >= 11 is 0. The number of carbonyl (C=O) groups is 1. The van der Waals surface area contributed by atoms with Crippen LogP contribution in [0.25, 0.3) is 0 Å². The molecule has 1 amide bonds. The predicted octanol–water partition coefficient (Wildman–Crippen LogP) is 1.74. The van der Waals surface area contributed by atoms with E-state index in [9.17, 15) is 4.79 Å². The average molecular weight is 322 g/mol. The fourth-order valence-corrected chi connectivity index (χ4v) is 5.08. The highest BCUT2D eigenvalue weighted by molar-refractivity contribution is 6.47. The first-order valence-corrected chi connectivity index (χ1v) is 9.01. The van der Waals surface area contributed by atoms with Crippen LogP contribution in [0.15, 0.2) is 0 Å². The van der Waals surface area contributed by atoms with Gasteiger partial charge in [-0.1, -0.05) is 27.7 Å². The van der Waals surface area contributed by atoms with Crippen LogP contribution < -0.4 is 11.1 Å². The second-order valence-corrected chi connectivity index (χ2v) is 8.84. The van der Waals surface area contributed by atoms with Gasteiger partial charge in [0.1, 0.15) is 0 Å². The summed E-state index contributed by atoms with van der Waals surface area (Å²) in [5.41, 5.74) is 5.56. The lowest BCUT2D eigenvalue weighted by Crippen LogP contribution is -2.65. The Morgan fingerprint density at radius 2 is 2.04 bits per heavy atom. The van der Waals surface area contributed by atoms with Crippen molar-refractivity contribution in [1.82, 2.24) is 5.32 Å². The van der Waals surface area contributed by atoms with Gasteiger partial charge in [0.15, 0.2) is 0 Å². The number of nitrogens with one attached hydrogen (secondary N) is 1. The molecule has 5 atom stereocenters. The largest absolute Gasteiger partial charge is 0.481 e. The maximum Gasteiger partial charge on any atom is 0.481 e. The molecule has 1 saturated heterocycles. The summed E-state index contributed by atoms with van der Waals surface area (Å²) < 4.78 is 12.8. The molecule has 4 rings (SSSR count). The first kappa shape index (κ1) is 17.2. The quantitative estimate of drug-likeness (QED) is 0.756. The lowest BCUT2D eigenvalue weighted by atomic mass is 9.43. The third kappa shape index (κ3) is 2.73. The molecular weight excluding hydrogens is 291 g/mol. The molecule has 0 aromatic heterocycles. The summed E-state index contributed by atoms with van der Waals surface area (Å²) in [7, 11) is -0.363. The highest BCUT2D eigenvalue weighted by Crippen LogP contribution is 2.65. The van der Waals surface area contributed by atoms with Crippen LogP contribution in [0.4, 0.5) is 0 Å². The van der Waals surface area contributed by atoms with E-state index in [4.69, 9.17) is 15.0 Å². The summed E-state index contributed by atoms with van der Waals surface area (Å²) in [6.45, 7) is 11.2. The van der Waals surface area contributed by atoms with Gasteiger partial charge < -0.3 is 20.4 Å². The molecule has 4 aliphatic rings. The molecule has 0 aromatic carbocycles. The molecule has 3 saturated carbocycles. The van der Waals surface area contributed by atoms with Gasteiger partial charge in [0.05, 0.1) is 24.2 Å². The first-order valence-electron chi connectivity index (χ1n) is 9.01. The SMILES string of the molecule is CC(C)C[C@H](NC(=O)CN)B1O[C@@H]2CC3CC(C3(C)C)[C@]2(C)O1. The molecule has 1 aliphatic heterocycles. The fourth-order valence-electron chi connectivity index (χ4n) is 5.08. The summed E-state index contributed by atoms with van der Waals surface area (Å²) in [4.78, 5) is 11.8. The molecule has 1 heterocycles. The van der Waals surface area contributed by atoms with E-state index in [2.05, 4.69) is 39.9 Å². The molecule has 2 bridgehead atoms. The van der Waals surface area contributed by atoms with Crippen molar-refractivity contribution in [2.75, 3.05) is 6.54 Å². The lowest BCUT2D eigenvalue weighted by molar-refractivity contribution is -0.199. The normalized spacial score (nSPS) is 38.9. The van der Waals surface area contributed by atoms with Crippen molar-refractivity contribution in [1.29, 1.82) is 0 Å². The Bertz CT molecular complexity index is 484. The molecule has 23 heavy (non-hydrogen) atoms. The predicted molar refractivity (Wildman–Crippen MR) is 90.6 cm³/mol. The highest BCUT2D eigenvalue weighted by atomic mass is 16.7. The Labute approximate surface area is 140 Å². The molecule has 3 aliphatic carbocycles. The minimum Gasteiger partial charge on any atom is -0.404 e. The number of hydrogen-bond donors (Lipinski definition) is 2. The van der Waals surface area contributed by atoms with Crippen molar-refractivity contribution < 1.29 is 14.1 Å². The molecule has 130 valence electrons. The Balaban J connectivity index is 1.75. The molecule has 0 spiro atoms. The van der Waals surface area contributed by atoms with Crippen molar-refractivity contribution in [3.8, 4) is 0 Å². The van der Waals surface area contributed by atoms with Gasteiger partial charge in [-0.25, -0.2) is 0 Å². The number of hydrogen-bond acceptors (Lipinski definition) is 4. The molecule has 0 aromatic rings. The average Bonchev–Trinajstić information content (AvgIpc) is 2.82. The van der Waals surface area contributed by atoms with Gasteiger partial charge in [-0.05, 0) is 49.4 Å². The summed E-state index contributed by atoms with van der Waals surface area (Å²) in [5, 5.41) is 3.00. The third-order valence-corrected chi connectivity index (χ3v) is 6.55. The highest BCUT2D eigenvalue weighted by Gasteiger charge is 2.68. The lowest BCUT2D eigenvalue weighted by Gasteiger charge is -2.64. The van der Waals surface area contributed by atoms with Gasteiger partial charge in [-0.15, -0.1) is 0 Å². The Morgan fingerprint density at radius 3 is 2.61 bits per heavy atom. The Hall–Kier alpha value is -0.585. The van der Waals surface area contributed by atoms with Gasteiger partial charge in [0, 0.05) is 0 Å². The van der Waals surface area contributed by atoms with Crippen LogP contribution in [0.5, 0.6) is 0 Å². The van der Waals surface area contributed by atoms with Crippen LogP contribution in [-0.4, -0.2) is 37.2 Å². The molecule has 2 unspecified atom stereocenters. The van der Waals surface area contributed by atoms with Gasteiger partial charge in [-0.3, -0.25) is 4.79 Å². The Morgan fingerprint density at radius 1 is 1.35 bits per heavy atom. The number of carbonyl (C=O) groups excluding carboxylic acids is 1. The van der Waals surface area contributed by atoms with Crippen molar-refractivity contribution in [2.24, 2.45) is 28.9 Å². The van der Waals surface area contributed by atoms with E-state index < -0.39 is 0 Å². The van der Waals surface area contributed by atoms with E-state index in [0.29, 0.717) is 17.3 Å². The zero-order chi connectivity index (χ0) is 17.0. The van der Waals surface area contributed by atoms with E-state index in [-0.39, 0.29) is 37.2 Å².